The van der Waals surface area contributed by atoms with Crippen LogP contribution in [0.2, 0.25) is 0 Å². The molecule has 0 saturated heterocycles. The molecule has 0 spiro atoms. The zero-order valence-corrected chi connectivity index (χ0v) is 17.8. The largest absolute Gasteiger partial charge is 0.497 e. The Hall–Kier alpha value is -1.02. The minimum absolute atomic E-state index is 0. The molecule has 0 fully saturated rings. The van der Waals surface area contributed by atoms with E-state index in [1.165, 1.54) is 18.4 Å². The van der Waals surface area contributed by atoms with Gasteiger partial charge in [-0.2, -0.15) is 0 Å². The first-order chi connectivity index (χ1) is 11.2. The molecule has 1 aromatic carbocycles. The van der Waals surface area contributed by atoms with Crippen molar-refractivity contribution in [2.45, 2.75) is 33.2 Å². The summed E-state index contributed by atoms with van der Waals surface area (Å²) in [6.45, 7) is 8.89. The normalized spacial score (nSPS) is 11.1. The average molecular weight is 448 g/mol. The molecule has 0 aliphatic carbocycles. The third-order valence-corrected chi connectivity index (χ3v) is 3.60. The van der Waals surface area contributed by atoms with Crippen molar-refractivity contribution in [3.8, 4) is 5.75 Å². The molecule has 0 amide bonds. The van der Waals surface area contributed by atoms with E-state index in [1.54, 1.807) is 7.11 Å². The molecule has 0 aromatic heterocycles. The van der Waals surface area contributed by atoms with Crippen molar-refractivity contribution in [1.82, 2.24) is 15.5 Å². The van der Waals surface area contributed by atoms with Crippen molar-refractivity contribution < 1.29 is 4.74 Å². The fraction of sp³-hybridized carbons (Fsp3) is 0.611. The van der Waals surface area contributed by atoms with Crippen molar-refractivity contribution in [3.63, 3.8) is 0 Å². The Balaban J connectivity index is 0.00000529. The van der Waals surface area contributed by atoms with E-state index in [0.29, 0.717) is 6.54 Å². The monoisotopic (exact) mass is 448 g/mol. The first kappa shape index (κ1) is 23.0. The predicted octanol–water partition coefficient (Wildman–Crippen LogP) is 3.10. The molecule has 0 aliphatic heterocycles. The fourth-order valence-corrected chi connectivity index (χ4v) is 2.15. The summed E-state index contributed by atoms with van der Waals surface area (Å²) in [5, 5.41) is 6.68. The van der Waals surface area contributed by atoms with Crippen LogP contribution in [-0.4, -0.2) is 51.2 Å². The van der Waals surface area contributed by atoms with E-state index in [2.05, 4.69) is 41.4 Å². The number of nitrogens with zero attached hydrogens (tertiary/aromatic N) is 2. The first-order valence-electron chi connectivity index (χ1n) is 8.53. The summed E-state index contributed by atoms with van der Waals surface area (Å²) in [6.07, 6.45) is 2.49. The molecule has 0 atom stereocenters. The average Bonchev–Trinajstić information content (AvgIpc) is 2.58. The second kappa shape index (κ2) is 14.3. The lowest BCUT2D eigenvalue weighted by atomic mass is 10.2. The summed E-state index contributed by atoms with van der Waals surface area (Å²) in [6, 6.07) is 8.02. The summed E-state index contributed by atoms with van der Waals surface area (Å²) in [4.78, 5) is 6.98. The Morgan fingerprint density at radius 2 is 1.83 bits per heavy atom. The van der Waals surface area contributed by atoms with Crippen LogP contribution in [0.1, 0.15) is 32.3 Å². The van der Waals surface area contributed by atoms with Gasteiger partial charge in [0.25, 0.3) is 0 Å². The molecule has 0 bridgehead atoms. The van der Waals surface area contributed by atoms with Crippen molar-refractivity contribution in [2.24, 2.45) is 4.99 Å². The van der Waals surface area contributed by atoms with Crippen molar-refractivity contribution >= 4 is 29.9 Å². The summed E-state index contributed by atoms with van der Waals surface area (Å²) >= 11 is 0. The molecule has 2 N–H and O–H groups in total. The number of likely N-dealkylation sites (N-methyl/N-ethyl adjacent to an activating group) is 1. The molecule has 0 aliphatic rings. The molecule has 24 heavy (non-hydrogen) atoms. The number of rotatable bonds is 10. The van der Waals surface area contributed by atoms with Gasteiger partial charge in [0.1, 0.15) is 5.75 Å². The number of halogens is 1. The maximum absolute atomic E-state index is 5.17. The highest BCUT2D eigenvalue weighted by Gasteiger charge is 2.00. The van der Waals surface area contributed by atoms with Gasteiger partial charge < -0.3 is 20.3 Å². The second-order valence-electron chi connectivity index (χ2n) is 5.63. The number of hydrogen-bond acceptors (Lipinski definition) is 3. The SMILES string of the molecule is CCCCN(C)CCNC(=NCc1ccc(OC)cc1)NCC.I. The number of nitrogens with one attached hydrogen (secondary N) is 2. The maximum Gasteiger partial charge on any atom is 0.191 e. The van der Waals surface area contributed by atoms with Crippen LogP contribution >= 0.6 is 24.0 Å². The van der Waals surface area contributed by atoms with E-state index in [-0.39, 0.29) is 24.0 Å². The number of benzene rings is 1. The van der Waals surface area contributed by atoms with Gasteiger partial charge in [-0.1, -0.05) is 25.5 Å². The number of methoxy groups -OCH3 is 1. The lowest BCUT2D eigenvalue weighted by Crippen LogP contribution is -2.41. The molecule has 0 heterocycles. The van der Waals surface area contributed by atoms with Gasteiger partial charge in [0, 0.05) is 19.6 Å². The number of guanidine groups is 1. The maximum atomic E-state index is 5.17. The standard InChI is InChI=1S/C18H32N4O.HI/c1-5-7-13-22(3)14-12-20-18(19-6-2)21-15-16-8-10-17(23-4)11-9-16;/h8-11H,5-7,12-15H2,1-4H3,(H2,19,20,21);1H. The van der Waals surface area contributed by atoms with E-state index < -0.39 is 0 Å². The zero-order valence-electron chi connectivity index (χ0n) is 15.5. The molecule has 6 heteroatoms. The molecular formula is C18H33IN4O. The fourth-order valence-electron chi connectivity index (χ4n) is 2.15. The van der Waals surface area contributed by atoms with Crippen molar-refractivity contribution in [1.29, 1.82) is 0 Å². The molecule has 1 aromatic rings. The first-order valence-corrected chi connectivity index (χ1v) is 8.53. The number of aliphatic imine (C=N–C) groups is 1. The Morgan fingerprint density at radius 3 is 2.42 bits per heavy atom. The molecule has 5 nitrogen and oxygen atoms in total. The van der Waals surface area contributed by atoms with Crippen molar-refractivity contribution in [3.05, 3.63) is 29.8 Å². The van der Waals surface area contributed by atoms with Gasteiger partial charge in [-0.05, 0) is 44.6 Å². The van der Waals surface area contributed by atoms with Gasteiger partial charge in [0.2, 0.25) is 0 Å². The molecular weight excluding hydrogens is 415 g/mol. The summed E-state index contributed by atoms with van der Waals surface area (Å²) < 4.78 is 5.17. The number of hydrogen-bond donors (Lipinski definition) is 2. The Bertz CT molecular complexity index is 451. The smallest absolute Gasteiger partial charge is 0.191 e. The lowest BCUT2D eigenvalue weighted by Gasteiger charge is -2.17. The molecule has 0 saturated carbocycles. The van der Waals surface area contributed by atoms with Crippen molar-refractivity contribution in [2.75, 3.05) is 40.3 Å². The number of ether oxygens (including phenoxy) is 1. The minimum Gasteiger partial charge on any atom is -0.497 e. The Morgan fingerprint density at radius 1 is 1.12 bits per heavy atom. The minimum atomic E-state index is 0. The highest BCUT2D eigenvalue weighted by molar-refractivity contribution is 14.0. The lowest BCUT2D eigenvalue weighted by molar-refractivity contribution is 0.332. The molecule has 0 radical (unpaired) electrons. The molecule has 138 valence electrons. The van der Waals surface area contributed by atoms with Crippen LogP contribution in [0.4, 0.5) is 0 Å². The van der Waals surface area contributed by atoms with Gasteiger partial charge >= 0.3 is 0 Å². The second-order valence-corrected chi connectivity index (χ2v) is 5.63. The number of unbranched alkanes of at least 4 members (excludes halogenated alkanes) is 1. The van der Waals surface area contributed by atoms with Crippen LogP contribution in [-0.2, 0) is 6.54 Å². The zero-order chi connectivity index (χ0) is 16.9. The van der Waals surface area contributed by atoms with Gasteiger partial charge in [0.05, 0.1) is 13.7 Å². The van der Waals surface area contributed by atoms with E-state index in [4.69, 9.17) is 4.74 Å². The van der Waals surface area contributed by atoms with Gasteiger partial charge in [-0.25, -0.2) is 4.99 Å². The van der Waals surface area contributed by atoms with Crippen LogP contribution in [0, 0.1) is 0 Å². The van der Waals surface area contributed by atoms with Gasteiger partial charge in [-0.3, -0.25) is 0 Å². The third-order valence-electron chi connectivity index (χ3n) is 3.60. The van der Waals surface area contributed by atoms with Crippen LogP contribution < -0.4 is 15.4 Å². The summed E-state index contributed by atoms with van der Waals surface area (Å²) in [5.41, 5.74) is 1.17. The third kappa shape index (κ3) is 9.97. The van der Waals surface area contributed by atoms with Crippen LogP contribution in [0.3, 0.4) is 0 Å². The Kier molecular flexibility index (Phi) is 13.7. The Labute approximate surface area is 164 Å². The van der Waals surface area contributed by atoms with E-state index in [9.17, 15) is 0 Å². The van der Waals surface area contributed by atoms with E-state index in [0.717, 1.165) is 37.9 Å². The highest BCUT2D eigenvalue weighted by Crippen LogP contribution is 2.11. The summed E-state index contributed by atoms with van der Waals surface area (Å²) in [5.74, 6) is 1.74. The van der Waals surface area contributed by atoms with Gasteiger partial charge in [0.15, 0.2) is 5.96 Å². The highest BCUT2D eigenvalue weighted by atomic mass is 127. The molecule has 0 unspecified atom stereocenters. The molecule has 1 rings (SSSR count). The van der Waals surface area contributed by atoms with Crippen LogP contribution in [0.15, 0.2) is 29.3 Å². The quantitative estimate of drug-likeness (QED) is 0.328. The van der Waals surface area contributed by atoms with Gasteiger partial charge in [-0.15, -0.1) is 24.0 Å². The predicted molar refractivity (Wildman–Crippen MR) is 114 cm³/mol. The van der Waals surface area contributed by atoms with Crippen LogP contribution in [0.5, 0.6) is 5.75 Å². The van der Waals surface area contributed by atoms with Crippen LogP contribution in [0.25, 0.3) is 0 Å². The van der Waals surface area contributed by atoms with E-state index >= 15 is 0 Å². The summed E-state index contributed by atoms with van der Waals surface area (Å²) in [7, 11) is 3.84. The topological polar surface area (TPSA) is 48.9 Å². The van der Waals surface area contributed by atoms with E-state index in [1.807, 2.05) is 24.3 Å².